The van der Waals surface area contributed by atoms with Gasteiger partial charge in [0.25, 0.3) is 0 Å². The summed E-state index contributed by atoms with van der Waals surface area (Å²) >= 11 is 0. The van der Waals surface area contributed by atoms with E-state index < -0.39 is 0 Å². The Morgan fingerprint density at radius 1 is 0.554 bits per heavy atom. The normalized spacial score (nSPS) is 20.6. The Balaban J connectivity index is 1.05. The molecule has 0 spiro atoms. The Hall–Kier alpha value is -6.38. The van der Waals surface area contributed by atoms with Crippen molar-refractivity contribution in [3.05, 3.63) is 151 Å². The highest BCUT2D eigenvalue weighted by molar-refractivity contribution is 6.09. The summed E-state index contributed by atoms with van der Waals surface area (Å²) in [7, 11) is 0. The summed E-state index contributed by atoms with van der Waals surface area (Å²) in [5.74, 6) is 4.29. The average molecular weight is 727 g/mol. The minimum atomic E-state index is 0.264. The topological polar surface area (TPSA) is 75.6 Å². The first-order valence-corrected chi connectivity index (χ1v) is 19.9. The van der Waals surface area contributed by atoms with E-state index in [0.717, 1.165) is 78.6 Å². The highest BCUT2D eigenvalue weighted by Gasteiger charge is 2.45. The van der Waals surface area contributed by atoms with E-state index in [9.17, 15) is 5.26 Å². The van der Waals surface area contributed by atoms with Gasteiger partial charge in [0.1, 0.15) is 11.2 Å². The third-order valence-electron chi connectivity index (χ3n) is 12.3. The Kier molecular flexibility index (Phi) is 8.37. The third kappa shape index (κ3) is 6.16. The van der Waals surface area contributed by atoms with E-state index in [2.05, 4.69) is 129 Å². The van der Waals surface area contributed by atoms with Crippen LogP contribution in [0.2, 0.25) is 0 Å². The summed E-state index contributed by atoms with van der Waals surface area (Å²) in [6, 6.07) is 50.4. The molecule has 2 fully saturated rings. The molecular weight excluding hydrogens is 685 g/mol. The zero-order chi connectivity index (χ0) is 37.8. The maximum absolute atomic E-state index is 9.49. The summed E-state index contributed by atoms with van der Waals surface area (Å²) in [4.78, 5) is 15.4. The van der Waals surface area contributed by atoms with E-state index in [1.165, 1.54) is 37.7 Å². The largest absolute Gasteiger partial charge is 0.455 e. The van der Waals surface area contributed by atoms with Gasteiger partial charge in [0.2, 0.25) is 0 Å². The highest BCUT2D eigenvalue weighted by Crippen LogP contribution is 2.54. The molecule has 2 aliphatic rings. The predicted octanol–water partition coefficient (Wildman–Crippen LogP) is 13.1. The van der Waals surface area contributed by atoms with Gasteiger partial charge in [-0.05, 0) is 102 Å². The molecule has 0 N–H and O–H groups in total. The fraction of sp³-hybridized carbons (Fsp3) is 0.216. The standard InChI is InChI=1S/C51H42N4O/c1-32-24-35-25-33(2)29-51(28-32,30-35)42-21-19-39(20-22-42)49-53-48(54-50(55-49)41-11-6-10-40(27-41)36-8-4-3-5-9-36)38-17-15-37(16-18-38)43-12-7-13-44-45-26-34(31-52)14-23-46(45)56-47(43)44/h3-23,26-27,32-33,35H,24-25,28-30H2,1-2H3/t32-,33+,35?,51?. The first-order chi connectivity index (χ1) is 27.4. The van der Waals surface area contributed by atoms with Crippen LogP contribution in [0.4, 0.5) is 0 Å². The van der Waals surface area contributed by atoms with Crippen LogP contribution in [0.1, 0.15) is 57.1 Å². The molecule has 0 radical (unpaired) electrons. The molecule has 2 bridgehead atoms. The maximum atomic E-state index is 9.49. The lowest BCUT2D eigenvalue weighted by Crippen LogP contribution is -2.42. The van der Waals surface area contributed by atoms with Crippen molar-refractivity contribution in [1.29, 1.82) is 5.26 Å². The van der Waals surface area contributed by atoms with Crippen LogP contribution >= 0.6 is 0 Å². The van der Waals surface area contributed by atoms with Crippen LogP contribution in [0.3, 0.4) is 0 Å². The fourth-order valence-electron chi connectivity index (χ4n) is 10.2. The quantitative estimate of drug-likeness (QED) is 0.170. The second kappa shape index (κ2) is 13.7. The predicted molar refractivity (Wildman–Crippen MR) is 226 cm³/mol. The van der Waals surface area contributed by atoms with Gasteiger partial charge in [-0.25, -0.2) is 15.0 Å². The smallest absolute Gasteiger partial charge is 0.164 e. The van der Waals surface area contributed by atoms with E-state index >= 15 is 0 Å². The Morgan fingerprint density at radius 3 is 1.86 bits per heavy atom. The Labute approximate surface area is 327 Å². The highest BCUT2D eigenvalue weighted by atomic mass is 16.3. The lowest BCUT2D eigenvalue weighted by Gasteiger charge is -2.50. The zero-order valence-electron chi connectivity index (χ0n) is 31.7. The number of nitrogens with zero attached hydrogens (tertiary/aromatic N) is 4. The molecule has 0 amide bonds. The first-order valence-electron chi connectivity index (χ1n) is 19.9. The maximum Gasteiger partial charge on any atom is 0.164 e. The fourth-order valence-corrected chi connectivity index (χ4v) is 10.2. The number of hydrogen-bond donors (Lipinski definition) is 0. The number of furan rings is 1. The molecule has 0 aliphatic heterocycles. The van der Waals surface area contributed by atoms with E-state index in [0.29, 0.717) is 23.0 Å². The zero-order valence-corrected chi connectivity index (χ0v) is 31.7. The van der Waals surface area contributed by atoms with Crippen molar-refractivity contribution < 1.29 is 4.42 Å². The number of benzene rings is 6. The van der Waals surface area contributed by atoms with Crippen molar-refractivity contribution in [1.82, 2.24) is 15.0 Å². The van der Waals surface area contributed by atoms with Crippen molar-refractivity contribution in [2.75, 3.05) is 0 Å². The van der Waals surface area contributed by atoms with Crippen molar-refractivity contribution in [2.45, 2.75) is 51.4 Å². The Bertz CT molecular complexity index is 2760. The van der Waals surface area contributed by atoms with Crippen LogP contribution in [0.5, 0.6) is 0 Å². The summed E-state index contributed by atoms with van der Waals surface area (Å²) in [6.07, 6.45) is 6.59. The van der Waals surface area contributed by atoms with Crippen LogP contribution in [-0.2, 0) is 5.41 Å². The number of para-hydroxylation sites is 1. The summed E-state index contributed by atoms with van der Waals surface area (Å²) in [5.41, 5.74) is 11.0. The number of aromatic nitrogens is 3. The third-order valence-corrected chi connectivity index (χ3v) is 12.3. The van der Waals surface area contributed by atoms with Gasteiger partial charge in [-0.15, -0.1) is 0 Å². The minimum absolute atomic E-state index is 0.264. The van der Waals surface area contributed by atoms with Gasteiger partial charge in [-0.1, -0.05) is 129 Å². The molecule has 5 nitrogen and oxygen atoms in total. The van der Waals surface area contributed by atoms with Gasteiger partial charge < -0.3 is 4.42 Å². The molecule has 2 heterocycles. The first kappa shape index (κ1) is 34.1. The summed E-state index contributed by atoms with van der Waals surface area (Å²) in [5, 5.41) is 11.4. The lowest BCUT2D eigenvalue weighted by atomic mass is 9.54. The van der Waals surface area contributed by atoms with Crippen LogP contribution in [0.15, 0.2) is 144 Å². The van der Waals surface area contributed by atoms with Gasteiger partial charge in [-0.2, -0.15) is 5.26 Å². The molecule has 8 aromatic rings. The van der Waals surface area contributed by atoms with Crippen molar-refractivity contribution in [2.24, 2.45) is 17.8 Å². The molecule has 0 saturated heterocycles. The SMILES string of the molecule is C[C@@H]1CC2C[C@H](C)CC(c3ccc(-c4nc(-c5ccc(-c6cccc7c6oc6ccc(C#N)cc67)cc5)nc(-c5cccc(-c6ccccc6)c5)n4)cc3)(C2)C1. The molecule has 10 rings (SSSR count). The Morgan fingerprint density at radius 2 is 1.16 bits per heavy atom. The lowest BCUT2D eigenvalue weighted by molar-refractivity contribution is 0.0780. The van der Waals surface area contributed by atoms with E-state index in [1.54, 1.807) is 6.07 Å². The van der Waals surface area contributed by atoms with Crippen LogP contribution < -0.4 is 0 Å². The molecule has 6 aromatic carbocycles. The van der Waals surface area contributed by atoms with Gasteiger partial charge in [0.05, 0.1) is 11.6 Å². The van der Waals surface area contributed by atoms with Crippen molar-refractivity contribution in [3.8, 4) is 62.5 Å². The van der Waals surface area contributed by atoms with E-state index in [1.807, 2.05) is 24.3 Å². The van der Waals surface area contributed by atoms with Gasteiger partial charge in [0.15, 0.2) is 17.5 Å². The van der Waals surface area contributed by atoms with Crippen LogP contribution in [0.25, 0.3) is 78.4 Å². The molecule has 272 valence electrons. The van der Waals surface area contributed by atoms with Crippen LogP contribution in [0, 0.1) is 29.1 Å². The number of nitriles is 1. The summed E-state index contributed by atoms with van der Waals surface area (Å²) < 4.78 is 6.36. The second-order valence-corrected chi connectivity index (χ2v) is 16.5. The second-order valence-electron chi connectivity index (χ2n) is 16.5. The molecule has 5 heteroatoms. The summed E-state index contributed by atoms with van der Waals surface area (Å²) in [6.45, 7) is 4.90. The molecule has 2 unspecified atom stereocenters. The van der Waals surface area contributed by atoms with Gasteiger partial charge >= 0.3 is 0 Å². The molecular formula is C51H42N4O. The van der Waals surface area contributed by atoms with E-state index in [-0.39, 0.29) is 5.41 Å². The van der Waals surface area contributed by atoms with Gasteiger partial charge in [-0.3, -0.25) is 0 Å². The van der Waals surface area contributed by atoms with E-state index in [4.69, 9.17) is 19.4 Å². The van der Waals surface area contributed by atoms with Crippen molar-refractivity contribution in [3.63, 3.8) is 0 Å². The minimum Gasteiger partial charge on any atom is -0.455 e. The molecule has 2 aliphatic carbocycles. The molecule has 4 atom stereocenters. The molecule has 56 heavy (non-hydrogen) atoms. The molecule has 2 aromatic heterocycles. The van der Waals surface area contributed by atoms with Crippen molar-refractivity contribution >= 4 is 21.9 Å². The number of rotatable bonds is 6. The average Bonchev–Trinajstić information content (AvgIpc) is 3.62. The van der Waals surface area contributed by atoms with Gasteiger partial charge in [0, 0.05) is 33.0 Å². The van der Waals surface area contributed by atoms with Crippen LogP contribution in [-0.4, -0.2) is 15.0 Å². The number of fused-ring (bicyclic) bond motifs is 5. The number of hydrogen-bond acceptors (Lipinski definition) is 5. The molecule has 2 saturated carbocycles. The monoisotopic (exact) mass is 726 g/mol.